The highest BCUT2D eigenvalue weighted by Gasteiger charge is 2.53. The first-order valence-corrected chi connectivity index (χ1v) is 7.60. The molecule has 1 atom stereocenters. The summed E-state index contributed by atoms with van der Waals surface area (Å²) in [5.41, 5.74) is 0.549. The summed E-state index contributed by atoms with van der Waals surface area (Å²) in [7, 11) is 0. The number of rotatable bonds is 5. The van der Waals surface area contributed by atoms with Gasteiger partial charge in [0, 0.05) is 12.6 Å². The van der Waals surface area contributed by atoms with E-state index in [0.717, 1.165) is 30.7 Å². The van der Waals surface area contributed by atoms with E-state index in [0.29, 0.717) is 18.1 Å². The van der Waals surface area contributed by atoms with Crippen molar-refractivity contribution in [1.82, 2.24) is 5.32 Å². The second-order valence-electron chi connectivity index (χ2n) is 6.90. The summed E-state index contributed by atoms with van der Waals surface area (Å²) in [5, 5.41) is 13.0. The van der Waals surface area contributed by atoms with Crippen LogP contribution in [0.3, 0.4) is 0 Å². The molecule has 0 aromatic carbocycles. The fraction of sp³-hybridized carbons (Fsp3) is 1.00. The standard InChI is InChI=1S/C15H27NO/c1-2-16-14(3-4-17)15-8-11-5-12(9-15)7-13(6-11)10-15/h11-14,16-17H,2-10H2,1H3. The van der Waals surface area contributed by atoms with E-state index < -0.39 is 0 Å². The van der Waals surface area contributed by atoms with Gasteiger partial charge in [-0.05, 0) is 74.7 Å². The maximum absolute atomic E-state index is 9.32. The van der Waals surface area contributed by atoms with Crippen molar-refractivity contribution < 1.29 is 5.11 Å². The van der Waals surface area contributed by atoms with Gasteiger partial charge in [0.25, 0.3) is 0 Å². The summed E-state index contributed by atoms with van der Waals surface area (Å²) in [6.07, 6.45) is 9.82. The van der Waals surface area contributed by atoms with E-state index in [1.54, 1.807) is 0 Å². The molecule has 4 bridgehead atoms. The molecule has 0 aromatic rings. The molecule has 2 nitrogen and oxygen atoms in total. The highest BCUT2D eigenvalue weighted by Crippen LogP contribution is 2.61. The van der Waals surface area contributed by atoms with E-state index in [9.17, 15) is 5.11 Å². The Balaban J connectivity index is 1.79. The van der Waals surface area contributed by atoms with Crippen molar-refractivity contribution in [1.29, 1.82) is 0 Å². The van der Waals surface area contributed by atoms with Crippen LogP contribution in [0.1, 0.15) is 51.9 Å². The lowest BCUT2D eigenvalue weighted by Gasteiger charge is -2.59. The van der Waals surface area contributed by atoms with Gasteiger partial charge in [-0.3, -0.25) is 0 Å². The largest absolute Gasteiger partial charge is 0.396 e. The van der Waals surface area contributed by atoms with Gasteiger partial charge in [-0.15, -0.1) is 0 Å². The van der Waals surface area contributed by atoms with Crippen LogP contribution in [-0.4, -0.2) is 24.3 Å². The van der Waals surface area contributed by atoms with Gasteiger partial charge in [0.15, 0.2) is 0 Å². The number of hydrogen-bond acceptors (Lipinski definition) is 2. The fourth-order valence-corrected chi connectivity index (χ4v) is 5.60. The first kappa shape index (κ1) is 12.0. The highest BCUT2D eigenvalue weighted by atomic mass is 16.3. The number of aliphatic hydroxyl groups excluding tert-OH is 1. The molecule has 4 rings (SSSR count). The Kier molecular flexibility index (Phi) is 3.20. The highest BCUT2D eigenvalue weighted by molar-refractivity contribution is 5.06. The quantitative estimate of drug-likeness (QED) is 0.770. The Morgan fingerprint density at radius 2 is 1.65 bits per heavy atom. The molecule has 4 aliphatic carbocycles. The molecule has 0 heterocycles. The zero-order valence-corrected chi connectivity index (χ0v) is 11.1. The van der Waals surface area contributed by atoms with Gasteiger partial charge in [0.2, 0.25) is 0 Å². The fourth-order valence-electron chi connectivity index (χ4n) is 5.60. The lowest BCUT2D eigenvalue weighted by atomic mass is 9.47. The molecule has 17 heavy (non-hydrogen) atoms. The van der Waals surface area contributed by atoms with Crippen molar-refractivity contribution in [2.24, 2.45) is 23.2 Å². The summed E-state index contributed by atoms with van der Waals surface area (Å²) in [6.45, 7) is 3.59. The predicted molar refractivity (Wildman–Crippen MR) is 69.8 cm³/mol. The number of aliphatic hydroxyl groups is 1. The van der Waals surface area contributed by atoms with Gasteiger partial charge >= 0.3 is 0 Å². The Labute approximate surface area is 105 Å². The van der Waals surface area contributed by atoms with Crippen LogP contribution < -0.4 is 5.32 Å². The zero-order valence-electron chi connectivity index (χ0n) is 11.1. The third kappa shape index (κ3) is 2.04. The van der Waals surface area contributed by atoms with Gasteiger partial charge in [-0.1, -0.05) is 6.92 Å². The van der Waals surface area contributed by atoms with Crippen molar-refractivity contribution in [3.8, 4) is 0 Å². The Hall–Kier alpha value is -0.0800. The summed E-state index contributed by atoms with van der Waals surface area (Å²) in [6, 6.07) is 0.575. The van der Waals surface area contributed by atoms with Gasteiger partial charge < -0.3 is 10.4 Å². The van der Waals surface area contributed by atoms with Crippen molar-refractivity contribution in [2.45, 2.75) is 57.9 Å². The lowest BCUT2D eigenvalue weighted by molar-refractivity contribution is -0.0769. The molecule has 0 saturated heterocycles. The molecule has 4 aliphatic rings. The summed E-state index contributed by atoms with van der Waals surface area (Å²) in [4.78, 5) is 0. The maximum atomic E-state index is 9.32. The van der Waals surface area contributed by atoms with Crippen molar-refractivity contribution in [3.63, 3.8) is 0 Å². The van der Waals surface area contributed by atoms with Crippen LogP contribution in [0.4, 0.5) is 0 Å². The van der Waals surface area contributed by atoms with Crippen molar-refractivity contribution in [3.05, 3.63) is 0 Å². The molecule has 2 heteroatoms. The van der Waals surface area contributed by atoms with Crippen molar-refractivity contribution >= 4 is 0 Å². The van der Waals surface area contributed by atoms with Crippen LogP contribution in [0.15, 0.2) is 0 Å². The molecule has 0 aromatic heterocycles. The molecule has 0 spiro atoms. The summed E-state index contributed by atoms with van der Waals surface area (Å²) >= 11 is 0. The molecule has 2 N–H and O–H groups in total. The summed E-state index contributed by atoms with van der Waals surface area (Å²) < 4.78 is 0. The van der Waals surface area contributed by atoms with E-state index >= 15 is 0 Å². The van der Waals surface area contributed by atoms with Gasteiger partial charge in [0.1, 0.15) is 0 Å². The normalized spacial score (nSPS) is 45.2. The van der Waals surface area contributed by atoms with E-state index in [4.69, 9.17) is 0 Å². The third-order valence-electron chi connectivity index (χ3n) is 5.69. The van der Waals surface area contributed by atoms with Crippen LogP contribution >= 0.6 is 0 Å². The molecule has 1 unspecified atom stereocenters. The minimum atomic E-state index is 0.347. The lowest BCUT2D eigenvalue weighted by Crippen LogP contribution is -2.56. The first-order valence-electron chi connectivity index (χ1n) is 7.60. The van der Waals surface area contributed by atoms with Gasteiger partial charge in [-0.2, -0.15) is 0 Å². The van der Waals surface area contributed by atoms with Gasteiger partial charge in [0.05, 0.1) is 0 Å². The van der Waals surface area contributed by atoms with E-state index in [2.05, 4.69) is 12.2 Å². The minimum Gasteiger partial charge on any atom is -0.396 e. The molecule has 4 fully saturated rings. The van der Waals surface area contributed by atoms with Crippen LogP contribution in [-0.2, 0) is 0 Å². The van der Waals surface area contributed by atoms with E-state index in [1.807, 2.05) is 0 Å². The van der Waals surface area contributed by atoms with Crippen LogP contribution in [0, 0.1) is 23.2 Å². The predicted octanol–water partition coefficient (Wildman–Crippen LogP) is 2.56. The van der Waals surface area contributed by atoms with E-state index in [1.165, 1.54) is 38.5 Å². The molecular weight excluding hydrogens is 210 g/mol. The monoisotopic (exact) mass is 237 g/mol. The smallest absolute Gasteiger partial charge is 0.0446 e. The van der Waals surface area contributed by atoms with Gasteiger partial charge in [-0.25, -0.2) is 0 Å². The summed E-state index contributed by atoms with van der Waals surface area (Å²) in [5.74, 6) is 3.04. The van der Waals surface area contributed by atoms with Crippen molar-refractivity contribution in [2.75, 3.05) is 13.2 Å². The molecule has 0 radical (unpaired) electrons. The maximum Gasteiger partial charge on any atom is 0.0446 e. The van der Waals surface area contributed by atoms with Crippen LogP contribution in [0.5, 0.6) is 0 Å². The third-order valence-corrected chi connectivity index (χ3v) is 5.69. The second-order valence-corrected chi connectivity index (χ2v) is 6.90. The first-order chi connectivity index (χ1) is 8.25. The Morgan fingerprint density at radius 1 is 1.12 bits per heavy atom. The number of hydrogen-bond donors (Lipinski definition) is 2. The minimum absolute atomic E-state index is 0.347. The molecule has 4 saturated carbocycles. The molecule has 0 aliphatic heterocycles. The molecule has 98 valence electrons. The van der Waals surface area contributed by atoms with Crippen LogP contribution in [0.2, 0.25) is 0 Å². The van der Waals surface area contributed by atoms with Crippen LogP contribution in [0.25, 0.3) is 0 Å². The van der Waals surface area contributed by atoms with E-state index in [-0.39, 0.29) is 0 Å². The second kappa shape index (κ2) is 4.55. The SMILES string of the molecule is CCNC(CCO)C12CC3CC(CC(C3)C1)C2. The zero-order chi connectivity index (χ0) is 11.9. The Bertz CT molecular complexity index is 235. The molecule has 0 amide bonds. The average Bonchev–Trinajstić information content (AvgIpc) is 2.27. The average molecular weight is 237 g/mol. The molecular formula is C15H27NO. The Morgan fingerprint density at radius 3 is 2.06 bits per heavy atom. The topological polar surface area (TPSA) is 32.3 Å². The number of nitrogens with one attached hydrogen (secondary N) is 1.